The number of nitrogens with one attached hydrogen (secondary N) is 4. The van der Waals surface area contributed by atoms with Gasteiger partial charge in [-0.05, 0) is 59.0 Å². The van der Waals surface area contributed by atoms with Gasteiger partial charge in [-0.25, -0.2) is 0 Å². The van der Waals surface area contributed by atoms with Crippen LogP contribution in [0.25, 0.3) is 44.3 Å². The summed E-state index contributed by atoms with van der Waals surface area (Å²) in [6.45, 7) is 1.62. The van der Waals surface area contributed by atoms with Crippen molar-refractivity contribution in [3.63, 3.8) is 0 Å². The predicted octanol–water partition coefficient (Wildman–Crippen LogP) is 3.45. The molecule has 3 aliphatic rings. The second-order valence-electron chi connectivity index (χ2n) is 14.8. The average Bonchev–Trinajstić information content (AvgIpc) is 3.91. The van der Waals surface area contributed by atoms with Crippen molar-refractivity contribution in [1.82, 2.24) is 20.3 Å². The molecule has 0 saturated heterocycles. The first-order valence-corrected chi connectivity index (χ1v) is 24.8. The van der Waals surface area contributed by atoms with E-state index in [9.17, 15) is 52.1 Å². The number of halogens is 1. The highest BCUT2D eigenvalue weighted by Gasteiger charge is 2.70. The lowest BCUT2D eigenvalue weighted by Gasteiger charge is -2.39. The van der Waals surface area contributed by atoms with E-state index in [2.05, 4.69) is 45.0 Å². The van der Waals surface area contributed by atoms with Gasteiger partial charge in [0.05, 0.1) is 22.9 Å². The zero-order chi connectivity index (χ0) is 48.2. The van der Waals surface area contributed by atoms with Crippen LogP contribution in [0.15, 0.2) is 104 Å². The van der Waals surface area contributed by atoms with Gasteiger partial charge in [-0.15, -0.1) is 0 Å². The number of aryl methyl sites for hydroxylation is 1. The van der Waals surface area contributed by atoms with Crippen molar-refractivity contribution in [3.8, 4) is 22.5 Å². The van der Waals surface area contributed by atoms with Gasteiger partial charge < -0.3 is 20.9 Å². The summed E-state index contributed by atoms with van der Waals surface area (Å²) in [5.74, 6) is -1.67. The highest BCUT2D eigenvalue weighted by Crippen LogP contribution is 2.64. The number of amides is 1. The van der Waals surface area contributed by atoms with Gasteiger partial charge in [-0.3, -0.25) is 23.9 Å². The zero-order valence-electron chi connectivity index (χ0n) is 33.3. The SMILES string of the molecule is Cc1cccc2c1C21C=c2c(S(=O)(=O)OOC=N)cccc2=C(S(=O)(=O)O)C1(N=Nc1ccc(-c2ccc3c(S(=O)(=O)O)cccc3c2S(=O)(=O)O)c2c1Nc1nc(Cl)nc-2n1)NC(=O)C=N. The monoisotopic (exact) mass is 1010 g/mol. The number of fused-ring (bicyclic) bond motifs is 9. The largest absolute Gasteiger partial charge is 0.332 e. The maximum absolute atomic E-state index is 14.0. The number of carbonyl (C=O) groups is 1. The molecule has 2 heterocycles. The molecule has 5 aromatic carbocycles. The number of carbonyl (C=O) groups excluding carboxylic acids is 1. The summed E-state index contributed by atoms with van der Waals surface area (Å²) >= 11 is 6.24. The van der Waals surface area contributed by atoms with Gasteiger partial charge in [0.1, 0.15) is 25.3 Å². The molecule has 7 N–H and O–H groups in total. The topological polar surface area (TPSA) is 368 Å². The molecule has 0 fully saturated rings. The molecule has 342 valence electrons. The first kappa shape index (κ1) is 45.2. The molecule has 23 nitrogen and oxygen atoms in total. The Hall–Kier alpha value is -6.95. The molecule has 9 rings (SSSR count). The third kappa shape index (κ3) is 7.06. The van der Waals surface area contributed by atoms with Crippen molar-refractivity contribution >= 4 is 110 Å². The van der Waals surface area contributed by atoms with E-state index < -0.39 is 82.3 Å². The van der Waals surface area contributed by atoms with E-state index >= 15 is 0 Å². The molecule has 1 spiro atoms. The lowest BCUT2D eigenvalue weighted by Crippen LogP contribution is -2.63. The van der Waals surface area contributed by atoms with E-state index in [0.717, 1.165) is 36.4 Å². The minimum absolute atomic E-state index is 0.0669. The molecule has 2 unspecified atom stereocenters. The lowest BCUT2D eigenvalue weighted by atomic mass is 9.79. The number of benzene rings is 5. The Bertz CT molecular complexity index is 3930. The maximum atomic E-state index is 14.0. The predicted molar refractivity (Wildman–Crippen MR) is 236 cm³/mol. The van der Waals surface area contributed by atoms with Crippen LogP contribution in [0.2, 0.25) is 5.28 Å². The smallest absolute Gasteiger partial charge is 0.321 e. The number of hydrogen-bond acceptors (Lipinski definition) is 19. The van der Waals surface area contributed by atoms with E-state index in [1.807, 2.05) is 0 Å². The Morgan fingerprint density at radius 2 is 1.52 bits per heavy atom. The summed E-state index contributed by atoms with van der Waals surface area (Å²) in [5.41, 5.74) is -4.59. The van der Waals surface area contributed by atoms with Crippen molar-refractivity contribution in [2.24, 2.45) is 10.2 Å². The molecule has 2 atom stereocenters. The van der Waals surface area contributed by atoms with Crippen LogP contribution in [0.5, 0.6) is 0 Å². The molecule has 0 saturated carbocycles. The number of aromatic nitrogens is 3. The van der Waals surface area contributed by atoms with Crippen LogP contribution in [0.4, 0.5) is 17.3 Å². The maximum Gasteiger partial charge on any atom is 0.332 e. The Morgan fingerprint density at radius 1 is 0.821 bits per heavy atom. The van der Waals surface area contributed by atoms with E-state index in [-0.39, 0.29) is 79.3 Å². The molecule has 67 heavy (non-hydrogen) atoms. The first-order valence-electron chi connectivity index (χ1n) is 18.6. The van der Waals surface area contributed by atoms with Crippen LogP contribution in [-0.2, 0) is 59.9 Å². The molecule has 2 aliphatic carbocycles. The van der Waals surface area contributed by atoms with Crippen LogP contribution in [0.1, 0.15) is 16.7 Å². The van der Waals surface area contributed by atoms with E-state index in [0.29, 0.717) is 11.1 Å². The molecule has 1 aliphatic heterocycles. The van der Waals surface area contributed by atoms with E-state index in [1.165, 1.54) is 36.4 Å². The van der Waals surface area contributed by atoms with Gasteiger partial charge in [-0.2, -0.15) is 58.9 Å². The highest BCUT2D eigenvalue weighted by atomic mass is 35.5. The summed E-state index contributed by atoms with van der Waals surface area (Å²) < 4.78 is 142. The van der Waals surface area contributed by atoms with Crippen molar-refractivity contribution < 1.29 is 61.3 Å². The summed E-state index contributed by atoms with van der Waals surface area (Å²) in [5, 5.41) is 27.4. The van der Waals surface area contributed by atoms with Crippen molar-refractivity contribution in [2.45, 2.75) is 32.7 Å². The van der Waals surface area contributed by atoms with Gasteiger partial charge in [0, 0.05) is 26.8 Å². The number of azo groups is 1. The number of anilines is 2. The summed E-state index contributed by atoms with van der Waals surface area (Å²) in [6, 6.07) is 16.1. The zero-order valence-corrected chi connectivity index (χ0v) is 37.3. The molecule has 2 bridgehead atoms. The van der Waals surface area contributed by atoms with Gasteiger partial charge in [0.15, 0.2) is 5.82 Å². The second kappa shape index (κ2) is 15.3. The molecular formula is C39H26ClN9O14S4. The van der Waals surface area contributed by atoms with Crippen molar-refractivity contribution in [1.29, 1.82) is 10.8 Å². The van der Waals surface area contributed by atoms with Crippen molar-refractivity contribution in [3.05, 3.63) is 111 Å². The van der Waals surface area contributed by atoms with Gasteiger partial charge in [-0.1, -0.05) is 71.1 Å². The minimum atomic E-state index is -5.64. The summed E-state index contributed by atoms with van der Waals surface area (Å²) in [7, 11) is -20.8. The fraction of sp³-hybridized carbons (Fsp3) is 0.0769. The van der Waals surface area contributed by atoms with Gasteiger partial charge in [0.2, 0.25) is 23.3 Å². The fourth-order valence-corrected chi connectivity index (χ4v) is 12.5. The molecule has 28 heteroatoms. The number of rotatable bonds is 12. The average molecular weight is 1010 g/mol. The molecule has 6 aromatic rings. The summed E-state index contributed by atoms with van der Waals surface area (Å²) in [6.07, 6.45) is 1.74. The Morgan fingerprint density at radius 3 is 2.19 bits per heavy atom. The second-order valence-corrected chi connectivity index (χ2v) is 20.7. The third-order valence-electron chi connectivity index (χ3n) is 11.1. The standard InChI is InChI=1S/C39H26ClN9O14S4/c1-18-5-2-8-25-31(18)38(25)15-24-23(7-4-10-28(24)67(60,61)63-62-17-42)34(66(57,58)59)39(38,47-29(50)16-41)49-48-26-14-13-20(30-32(26)43-37-45-35(30)44-36(40)46-37)22-12-11-19-21(33(22)65(54,55)56)6-3-9-27(19)64(51,52)53/h2-17,41-42H,1H3,(H,47,50)(H,51,52,53)(H,54,55,56)(H,57,58,59)(H,43,44,45,46). The van der Waals surface area contributed by atoms with Gasteiger partial charge in [0.25, 0.3) is 36.3 Å². The van der Waals surface area contributed by atoms with Crippen LogP contribution >= 0.6 is 11.6 Å². The lowest BCUT2D eigenvalue weighted by molar-refractivity contribution is -0.115. The Labute approximate surface area is 382 Å². The quantitative estimate of drug-likeness (QED) is 0.0230. The molecule has 0 radical (unpaired) electrons. The first-order chi connectivity index (χ1) is 31.5. The number of hydrogen-bond donors (Lipinski definition) is 7. The normalized spacial score (nSPS) is 18.3. The number of nitrogens with zero attached hydrogens (tertiary/aromatic N) is 5. The van der Waals surface area contributed by atoms with Crippen LogP contribution < -0.4 is 21.1 Å². The van der Waals surface area contributed by atoms with Crippen molar-refractivity contribution in [2.75, 3.05) is 5.32 Å². The highest BCUT2D eigenvalue weighted by molar-refractivity contribution is 7.95. The molecular weight excluding hydrogens is 982 g/mol. The van der Waals surface area contributed by atoms with Gasteiger partial charge >= 0.3 is 10.1 Å². The minimum Gasteiger partial charge on any atom is -0.321 e. The van der Waals surface area contributed by atoms with E-state index in [1.54, 1.807) is 19.1 Å². The Kier molecular flexibility index (Phi) is 10.3. The van der Waals surface area contributed by atoms with E-state index in [4.69, 9.17) is 22.4 Å². The van der Waals surface area contributed by atoms with Crippen LogP contribution in [0, 0.1) is 17.7 Å². The summed E-state index contributed by atoms with van der Waals surface area (Å²) in [4.78, 5) is 27.1. The molecule has 1 amide bonds. The fourth-order valence-electron chi connectivity index (χ4n) is 8.74. The van der Waals surface area contributed by atoms with Crippen LogP contribution in [0.3, 0.4) is 0 Å². The third-order valence-corrected chi connectivity index (χ3v) is 15.3. The molecule has 1 aromatic heterocycles. The van der Waals surface area contributed by atoms with Crippen LogP contribution in [-0.4, -0.2) is 86.5 Å². The Balaban J connectivity index is 1.37.